The highest BCUT2D eigenvalue weighted by Crippen LogP contribution is 2.27. The zero-order chi connectivity index (χ0) is 15.0. The molecule has 0 bridgehead atoms. The Bertz CT molecular complexity index is 769. The molecule has 0 amide bonds. The molecule has 5 nitrogen and oxygen atoms in total. The Morgan fingerprint density at radius 3 is 2.62 bits per heavy atom. The van der Waals surface area contributed by atoms with Gasteiger partial charge in [0.15, 0.2) is 0 Å². The number of hydrogen-bond acceptors (Lipinski definition) is 4. The summed E-state index contributed by atoms with van der Waals surface area (Å²) in [4.78, 5) is 10.3. The topological polar surface area (TPSA) is 46.3 Å². The predicted molar refractivity (Wildman–Crippen MR) is 84.1 cm³/mol. The molecule has 0 saturated heterocycles. The summed E-state index contributed by atoms with van der Waals surface area (Å²) in [6, 6.07) is 9.66. The second kappa shape index (κ2) is 5.50. The number of anilines is 1. The molecule has 1 atom stereocenters. The first-order valence-corrected chi connectivity index (χ1v) is 7.16. The number of fused-ring (bicyclic) bond motifs is 1. The molecule has 3 aromatic rings. The molecule has 2 aromatic heterocycles. The molecule has 0 fully saturated rings. The third-order valence-electron chi connectivity index (χ3n) is 3.50. The van der Waals surface area contributed by atoms with Crippen LogP contribution in [-0.4, -0.2) is 26.6 Å². The maximum absolute atomic E-state index is 6.06. The Hall–Kier alpha value is -1.85. The van der Waals surface area contributed by atoms with Gasteiger partial charge in [0.05, 0.1) is 6.04 Å². The SMILES string of the molecule is CC(c1ccc(Cl)cc1)N(C)c1cc(Cl)nc2ncnn12. The molecule has 1 aromatic carbocycles. The minimum absolute atomic E-state index is 0.119. The molecule has 0 aliphatic heterocycles. The fraction of sp³-hybridized carbons (Fsp3) is 0.214. The van der Waals surface area contributed by atoms with E-state index in [4.69, 9.17) is 23.2 Å². The lowest BCUT2D eigenvalue weighted by Crippen LogP contribution is -2.24. The number of aromatic nitrogens is 4. The number of benzene rings is 1. The van der Waals surface area contributed by atoms with E-state index in [-0.39, 0.29) is 6.04 Å². The molecular weight excluding hydrogens is 309 g/mol. The van der Waals surface area contributed by atoms with Crippen molar-refractivity contribution in [3.8, 4) is 0 Å². The van der Waals surface area contributed by atoms with E-state index < -0.39 is 0 Å². The molecule has 0 aliphatic carbocycles. The Balaban J connectivity index is 2.01. The fourth-order valence-corrected chi connectivity index (χ4v) is 2.48. The van der Waals surface area contributed by atoms with E-state index in [0.717, 1.165) is 16.4 Å². The van der Waals surface area contributed by atoms with Crippen molar-refractivity contribution in [1.29, 1.82) is 0 Å². The maximum atomic E-state index is 6.06. The van der Waals surface area contributed by atoms with Crippen molar-refractivity contribution in [2.24, 2.45) is 0 Å². The molecular formula is C14H13Cl2N5. The summed E-state index contributed by atoms with van der Waals surface area (Å²) in [5.41, 5.74) is 1.14. The zero-order valence-corrected chi connectivity index (χ0v) is 13.0. The van der Waals surface area contributed by atoms with Gasteiger partial charge in [-0.2, -0.15) is 19.6 Å². The van der Waals surface area contributed by atoms with Gasteiger partial charge in [-0.1, -0.05) is 35.3 Å². The molecule has 0 N–H and O–H groups in total. The first-order valence-electron chi connectivity index (χ1n) is 6.41. The lowest BCUT2D eigenvalue weighted by molar-refractivity contribution is 0.710. The van der Waals surface area contributed by atoms with Gasteiger partial charge in [0.25, 0.3) is 5.78 Å². The molecule has 0 spiro atoms. The molecule has 2 heterocycles. The van der Waals surface area contributed by atoms with E-state index in [9.17, 15) is 0 Å². The van der Waals surface area contributed by atoms with Gasteiger partial charge >= 0.3 is 0 Å². The van der Waals surface area contributed by atoms with Crippen molar-refractivity contribution in [1.82, 2.24) is 19.6 Å². The van der Waals surface area contributed by atoms with Gasteiger partial charge in [0.1, 0.15) is 17.3 Å². The first-order chi connectivity index (χ1) is 10.1. The minimum atomic E-state index is 0.119. The average Bonchev–Trinajstić information content (AvgIpc) is 2.93. The second-order valence-electron chi connectivity index (χ2n) is 4.75. The van der Waals surface area contributed by atoms with Crippen LogP contribution < -0.4 is 4.90 Å². The third-order valence-corrected chi connectivity index (χ3v) is 3.94. The second-order valence-corrected chi connectivity index (χ2v) is 5.57. The molecule has 0 saturated carbocycles. The maximum Gasteiger partial charge on any atom is 0.255 e. The van der Waals surface area contributed by atoms with Crippen molar-refractivity contribution >= 4 is 34.8 Å². The summed E-state index contributed by atoms with van der Waals surface area (Å²) in [7, 11) is 1.98. The van der Waals surface area contributed by atoms with Gasteiger partial charge in [-0.15, -0.1) is 0 Å². The van der Waals surface area contributed by atoms with Crippen molar-refractivity contribution in [2.75, 3.05) is 11.9 Å². The summed E-state index contributed by atoms with van der Waals surface area (Å²) in [6.07, 6.45) is 1.46. The van der Waals surface area contributed by atoms with Gasteiger partial charge in [-0.05, 0) is 24.6 Å². The van der Waals surface area contributed by atoms with Crippen molar-refractivity contribution in [3.05, 3.63) is 52.4 Å². The van der Waals surface area contributed by atoms with Gasteiger partial charge in [0.2, 0.25) is 0 Å². The van der Waals surface area contributed by atoms with Gasteiger partial charge in [0, 0.05) is 18.1 Å². The third kappa shape index (κ3) is 2.66. The van der Waals surface area contributed by atoms with E-state index in [0.29, 0.717) is 10.9 Å². The molecule has 7 heteroatoms. The zero-order valence-electron chi connectivity index (χ0n) is 11.5. The van der Waals surface area contributed by atoms with E-state index in [1.807, 2.05) is 31.3 Å². The van der Waals surface area contributed by atoms with Gasteiger partial charge in [-0.25, -0.2) is 0 Å². The van der Waals surface area contributed by atoms with Crippen LogP contribution in [0.1, 0.15) is 18.5 Å². The lowest BCUT2D eigenvalue weighted by atomic mass is 10.1. The lowest BCUT2D eigenvalue weighted by Gasteiger charge is -2.27. The number of halogens is 2. The fourth-order valence-electron chi connectivity index (χ4n) is 2.18. The van der Waals surface area contributed by atoms with Crippen LogP contribution >= 0.6 is 23.2 Å². The Morgan fingerprint density at radius 2 is 1.90 bits per heavy atom. The predicted octanol–water partition coefficient (Wildman–Crippen LogP) is 3.63. The number of rotatable bonds is 3. The Labute approximate surface area is 132 Å². The Kier molecular flexibility index (Phi) is 3.69. The van der Waals surface area contributed by atoms with E-state index in [2.05, 4.69) is 26.9 Å². The van der Waals surface area contributed by atoms with E-state index in [1.165, 1.54) is 6.33 Å². The van der Waals surface area contributed by atoms with Crippen LogP contribution in [0.25, 0.3) is 5.78 Å². The smallest absolute Gasteiger partial charge is 0.255 e. The highest BCUT2D eigenvalue weighted by Gasteiger charge is 2.17. The summed E-state index contributed by atoms with van der Waals surface area (Å²) in [5.74, 6) is 1.30. The van der Waals surface area contributed by atoms with Crippen molar-refractivity contribution in [2.45, 2.75) is 13.0 Å². The van der Waals surface area contributed by atoms with E-state index >= 15 is 0 Å². The standard InChI is InChI=1S/C14H13Cl2N5/c1-9(10-3-5-11(15)6-4-10)20(2)13-7-12(16)19-14-17-8-18-21(13)14/h3-9H,1-2H3. The van der Waals surface area contributed by atoms with Crippen LogP contribution in [0.2, 0.25) is 10.2 Å². The monoisotopic (exact) mass is 321 g/mol. The summed E-state index contributed by atoms with van der Waals surface area (Å²) in [5, 5.41) is 5.30. The highest BCUT2D eigenvalue weighted by molar-refractivity contribution is 6.30. The van der Waals surface area contributed by atoms with Crippen LogP contribution in [0.3, 0.4) is 0 Å². The summed E-state index contributed by atoms with van der Waals surface area (Å²) >= 11 is 12.0. The normalized spacial score (nSPS) is 12.6. The molecule has 0 aliphatic rings. The molecule has 21 heavy (non-hydrogen) atoms. The molecule has 0 radical (unpaired) electrons. The quantitative estimate of drug-likeness (QED) is 0.691. The minimum Gasteiger partial charge on any atom is -0.353 e. The van der Waals surface area contributed by atoms with E-state index in [1.54, 1.807) is 10.6 Å². The molecule has 3 rings (SSSR count). The van der Waals surface area contributed by atoms with Crippen LogP contribution in [0.4, 0.5) is 5.82 Å². The molecule has 1 unspecified atom stereocenters. The van der Waals surface area contributed by atoms with Crippen LogP contribution in [0.5, 0.6) is 0 Å². The van der Waals surface area contributed by atoms with Crippen molar-refractivity contribution < 1.29 is 0 Å². The van der Waals surface area contributed by atoms with Gasteiger partial charge in [-0.3, -0.25) is 0 Å². The van der Waals surface area contributed by atoms with Crippen LogP contribution in [0.15, 0.2) is 36.7 Å². The van der Waals surface area contributed by atoms with Crippen molar-refractivity contribution in [3.63, 3.8) is 0 Å². The average molecular weight is 322 g/mol. The summed E-state index contributed by atoms with van der Waals surface area (Å²) in [6.45, 7) is 2.10. The van der Waals surface area contributed by atoms with Crippen LogP contribution in [-0.2, 0) is 0 Å². The van der Waals surface area contributed by atoms with Crippen LogP contribution in [0, 0.1) is 0 Å². The first kappa shape index (κ1) is 14.1. The highest BCUT2D eigenvalue weighted by atomic mass is 35.5. The Morgan fingerprint density at radius 1 is 1.19 bits per heavy atom. The van der Waals surface area contributed by atoms with Gasteiger partial charge < -0.3 is 4.90 Å². The molecule has 108 valence electrons. The number of hydrogen-bond donors (Lipinski definition) is 0. The summed E-state index contributed by atoms with van der Waals surface area (Å²) < 4.78 is 1.66. The number of nitrogens with zero attached hydrogens (tertiary/aromatic N) is 5. The largest absolute Gasteiger partial charge is 0.353 e.